The number of carbonyl (C=O) groups is 2. The summed E-state index contributed by atoms with van der Waals surface area (Å²) in [5, 5.41) is 5.56. The van der Waals surface area contributed by atoms with Crippen LogP contribution in [0.1, 0.15) is 12.5 Å². The lowest BCUT2D eigenvalue weighted by Gasteiger charge is -2.22. The number of ether oxygens (including phenoxy) is 1. The van der Waals surface area contributed by atoms with Crippen molar-refractivity contribution >= 4 is 40.3 Å². The van der Waals surface area contributed by atoms with Gasteiger partial charge >= 0.3 is 6.09 Å². The van der Waals surface area contributed by atoms with Crippen LogP contribution in [0.4, 0.5) is 10.6 Å². The summed E-state index contributed by atoms with van der Waals surface area (Å²) in [4.78, 5) is 28.2. The van der Waals surface area contributed by atoms with Gasteiger partial charge < -0.3 is 4.74 Å². The van der Waals surface area contributed by atoms with E-state index in [4.69, 9.17) is 16.3 Å². The van der Waals surface area contributed by atoms with Gasteiger partial charge in [-0.15, -0.1) is 0 Å². The van der Waals surface area contributed by atoms with Gasteiger partial charge in [0.2, 0.25) is 5.91 Å². The number of carbonyl (C=O) groups excluding carboxylic acids is 2. The van der Waals surface area contributed by atoms with E-state index in [0.717, 1.165) is 16.5 Å². The van der Waals surface area contributed by atoms with Crippen LogP contribution in [0.2, 0.25) is 5.02 Å². The van der Waals surface area contributed by atoms with Gasteiger partial charge in [-0.05, 0) is 29.8 Å². The smallest absolute Gasteiger partial charge is 0.412 e. The molecule has 0 aliphatic rings. The third-order valence-corrected chi connectivity index (χ3v) is 4.54. The average Bonchev–Trinajstić information content (AvgIpc) is 2.71. The van der Waals surface area contributed by atoms with Crippen molar-refractivity contribution in [3.63, 3.8) is 0 Å². The Bertz CT molecular complexity index is 1010. The van der Waals surface area contributed by atoms with Gasteiger partial charge in [0.15, 0.2) is 0 Å². The molecule has 0 saturated heterocycles. The van der Waals surface area contributed by atoms with E-state index in [1.165, 1.54) is 11.9 Å². The number of para-hydroxylation sites is 1. The molecule has 0 aliphatic carbocycles. The zero-order valence-corrected chi connectivity index (χ0v) is 16.6. The Balaban J connectivity index is 1.47. The van der Waals surface area contributed by atoms with Gasteiger partial charge in [0, 0.05) is 23.9 Å². The normalized spacial score (nSPS) is 10.6. The maximum Gasteiger partial charge on any atom is 0.412 e. The van der Waals surface area contributed by atoms with E-state index in [9.17, 15) is 9.59 Å². The standard InChI is InChI=1S/C21H21ClN4O3/c1-15(27)26(23-14-17-7-2-4-8-18(17)22)12-13-29-21(28)25-20-11-10-16-6-3-5-9-19(16)24-20/h2-11,23H,12-14H2,1H3,(H,24,25,28). The third-order valence-electron chi connectivity index (χ3n) is 4.17. The summed E-state index contributed by atoms with van der Waals surface area (Å²) in [6.45, 7) is 2.03. The third kappa shape index (κ3) is 5.91. The summed E-state index contributed by atoms with van der Waals surface area (Å²) in [5.41, 5.74) is 4.63. The summed E-state index contributed by atoms with van der Waals surface area (Å²) in [6, 6.07) is 18.5. The first-order chi connectivity index (χ1) is 14.0. The summed E-state index contributed by atoms with van der Waals surface area (Å²) >= 11 is 6.12. The molecule has 8 heteroatoms. The minimum atomic E-state index is -0.637. The lowest BCUT2D eigenvalue weighted by atomic mass is 10.2. The quantitative estimate of drug-likeness (QED) is 0.573. The molecular formula is C21H21ClN4O3. The molecule has 0 spiro atoms. The van der Waals surface area contributed by atoms with E-state index >= 15 is 0 Å². The van der Waals surface area contributed by atoms with Gasteiger partial charge in [0.25, 0.3) is 0 Å². The molecule has 29 heavy (non-hydrogen) atoms. The van der Waals surface area contributed by atoms with Crippen molar-refractivity contribution in [2.45, 2.75) is 13.5 Å². The van der Waals surface area contributed by atoms with Gasteiger partial charge in [-0.1, -0.05) is 48.0 Å². The number of benzene rings is 2. The fourth-order valence-electron chi connectivity index (χ4n) is 2.68. The minimum absolute atomic E-state index is 0.0223. The molecular weight excluding hydrogens is 392 g/mol. The summed E-state index contributed by atoms with van der Waals surface area (Å²) < 4.78 is 5.16. The van der Waals surface area contributed by atoms with E-state index in [1.54, 1.807) is 12.1 Å². The van der Waals surface area contributed by atoms with Gasteiger partial charge in [-0.2, -0.15) is 0 Å². The molecule has 0 fully saturated rings. The van der Waals surface area contributed by atoms with Crippen LogP contribution < -0.4 is 10.7 Å². The number of rotatable bonds is 7. The maximum absolute atomic E-state index is 12.0. The molecule has 0 bridgehead atoms. The molecule has 0 saturated carbocycles. The molecule has 150 valence electrons. The molecule has 3 aromatic rings. The maximum atomic E-state index is 12.0. The van der Waals surface area contributed by atoms with E-state index in [0.29, 0.717) is 17.4 Å². The average molecular weight is 413 g/mol. The predicted octanol–water partition coefficient (Wildman–Crippen LogP) is 3.99. The summed E-state index contributed by atoms with van der Waals surface area (Å²) in [5.74, 6) is 0.200. The predicted molar refractivity (Wildman–Crippen MR) is 112 cm³/mol. The fourth-order valence-corrected chi connectivity index (χ4v) is 2.88. The number of hydrogen-bond acceptors (Lipinski definition) is 5. The molecule has 1 aromatic heterocycles. The number of hydrazine groups is 1. The summed E-state index contributed by atoms with van der Waals surface area (Å²) in [6.07, 6.45) is -0.637. The number of hydrogen-bond donors (Lipinski definition) is 2. The van der Waals surface area contributed by atoms with Crippen LogP contribution in [0.3, 0.4) is 0 Å². The number of nitrogens with zero attached hydrogens (tertiary/aromatic N) is 2. The number of amides is 2. The number of anilines is 1. The zero-order valence-electron chi connectivity index (χ0n) is 15.9. The largest absolute Gasteiger partial charge is 0.447 e. The van der Waals surface area contributed by atoms with Crippen molar-refractivity contribution in [3.8, 4) is 0 Å². The first-order valence-electron chi connectivity index (χ1n) is 9.07. The Labute approximate surface area is 173 Å². The topological polar surface area (TPSA) is 83.6 Å². The first kappa shape index (κ1) is 20.6. The molecule has 0 radical (unpaired) electrons. The molecule has 2 aromatic carbocycles. The van der Waals surface area contributed by atoms with E-state index in [2.05, 4.69) is 15.7 Å². The Hall–Kier alpha value is -3.16. The lowest BCUT2D eigenvalue weighted by Crippen LogP contribution is -2.43. The molecule has 1 heterocycles. The minimum Gasteiger partial charge on any atom is -0.447 e. The van der Waals surface area contributed by atoms with Crippen molar-refractivity contribution < 1.29 is 14.3 Å². The van der Waals surface area contributed by atoms with Gasteiger partial charge in [0.05, 0.1) is 12.1 Å². The second kappa shape index (κ2) is 9.86. The number of fused-ring (bicyclic) bond motifs is 1. The molecule has 7 nitrogen and oxygen atoms in total. The number of halogens is 1. The lowest BCUT2D eigenvalue weighted by molar-refractivity contribution is -0.132. The van der Waals surface area contributed by atoms with Crippen molar-refractivity contribution in [2.24, 2.45) is 0 Å². The van der Waals surface area contributed by atoms with Gasteiger partial charge in [0.1, 0.15) is 12.4 Å². The second-order valence-electron chi connectivity index (χ2n) is 6.25. The van der Waals surface area contributed by atoms with Gasteiger partial charge in [-0.25, -0.2) is 15.2 Å². The Morgan fingerprint density at radius 2 is 1.83 bits per heavy atom. The highest BCUT2D eigenvalue weighted by atomic mass is 35.5. The van der Waals surface area contributed by atoms with Crippen LogP contribution in [-0.2, 0) is 16.1 Å². The van der Waals surface area contributed by atoms with E-state index in [-0.39, 0.29) is 19.1 Å². The highest BCUT2D eigenvalue weighted by Gasteiger charge is 2.11. The molecule has 0 aliphatic heterocycles. The van der Waals surface area contributed by atoms with Crippen molar-refractivity contribution in [1.82, 2.24) is 15.4 Å². The number of pyridine rings is 1. The number of aromatic nitrogens is 1. The molecule has 2 N–H and O–H groups in total. The zero-order chi connectivity index (χ0) is 20.6. The first-order valence-corrected chi connectivity index (χ1v) is 9.45. The van der Waals surface area contributed by atoms with E-state index < -0.39 is 6.09 Å². The number of nitrogens with one attached hydrogen (secondary N) is 2. The molecule has 0 atom stereocenters. The Kier molecular flexibility index (Phi) is 6.99. The fraction of sp³-hybridized carbons (Fsp3) is 0.190. The van der Waals surface area contributed by atoms with Gasteiger partial charge in [-0.3, -0.25) is 15.1 Å². The monoisotopic (exact) mass is 412 g/mol. The second-order valence-corrected chi connectivity index (χ2v) is 6.65. The van der Waals surface area contributed by atoms with Crippen molar-refractivity contribution in [2.75, 3.05) is 18.5 Å². The highest BCUT2D eigenvalue weighted by Crippen LogP contribution is 2.15. The molecule has 2 amide bonds. The Morgan fingerprint density at radius 3 is 2.62 bits per heavy atom. The SMILES string of the molecule is CC(=O)N(CCOC(=O)Nc1ccc2ccccc2n1)NCc1ccccc1Cl. The van der Waals surface area contributed by atoms with Crippen LogP contribution in [-0.4, -0.2) is 35.1 Å². The molecule has 0 unspecified atom stereocenters. The van der Waals surface area contributed by atoms with Crippen LogP contribution in [0.25, 0.3) is 10.9 Å². The van der Waals surface area contributed by atoms with Crippen LogP contribution in [0, 0.1) is 0 Å². The van der Waals surface area contributed by atoms with E-state index in [1.807, 2.05) is 48.5 Å². The summed E-state index contributed by atoms with van der Waals surface area (Å²) in [7, 11) is 0. The van der Waals surface area contributed by atoms with Crippen LogP contribution in [0.15, 0.2) is 60.7 Å². The van der Waals surface area contributed by atoms with Crippen LogP contribution >= 0.6 is 11.6 Å². The molecule has 3 rings (SSSR count). The van der Waals surface area contributed by atoms with Crippen molar-refractivity contribution in [3.05, 3.63) is 71.2 Å². The highest BCUT2D eigenvalue weighted by molar-refractivity contribution is 6.31. The van der Waals surface area contributed by atoms with Crippen molar-refractivity contribution in [1.29, 1.82) is 0 Å². The van der Waals surface area contributed by atoms with Crippen LogP contribution in [0.5, 0.6) is 0 Å². The Morgan fingerprint density at radius 1 is 1.07 bits per heavy atom.